The topological polar surface area (TPSA) is 81.7 Å². The lowest BCUT2D eigenvalue weighted by Crippen LogP contribution is -2.43. The lowest BCUT2D eigenvalue weighted by molar-refractivity contribution is 0.0697. The van der Waals surface area contributed by atoms with Crippen LogP contribution in [0.25, 0.3) is 0 Å². The van der Waals surface area contributed by atoms with Gasteiger partial charge in [0.25, 0.3) is 0 Å². The molecule has 0 saturated carbocycles. The van der Waals surface area contributed by atoms with Crippen molar-refractivity contribution in [2.75, 3.05) is 18.0 Å². The number of carboxylic acids is 1. The van der Waals surface area contributed by atoms with E-state index >= 15 is 0 Å². The molecular weight excluding hydrogens is 354 g/mol. The van der Waals surface area contributed by atoms with Gasteiger partial charge in [0.1, 0.15) is 0 Å². The highest BCUT2D eigenvalue weighted by atomic mass is 35.5. The highest BCUT2D eigenvalue weighted by Gasteiger charge is 2.24. The molecular formula is C19H20ClN3O3. The summed E-state index contributed by atoms with van der Waals surface area (Å²) in [5.74, 6) is -0.965. The normalized spacial score (nSPS) is 16.3. The lowest BCUT2D eigenvalue weighted by atomic mass is 10.1. The van der Waals surface area contributed by atoms with Crippen molar-refractivity contribution in [2.24, 2.45) is 0 Å². The number of hydrogen-bond acceptors (Lipinski definition) is 3. The van der Waals surface area contributed by atoms with E-state index < -0.39 is 5.97 Å². The number of hydrogen-bond donors (Lipinski definition) is 3. The molecule has 26 heavy (non-hydrogen) atoms. The summed E-state index contributed by atoms with van der Waals surface area (Å²) in [5, 5.41) is 15.4. The fourth-order valence-corrected chi connectivity index (χ4v) is 3.15. The van der Waals surface area contributed by atoms with E-state index in [1.165, 1.54) is 12.1 Å². The quantitative estimate of drug-likeness (QED) is 0.752. The molecule has 3 rings (SSSR count). The zero-order valence-corrected chi connectivity index (χ0v) is 14.9. The first kappa shape index (κ1) is 18.1. The van der Waals surface area contributed by atoms with Gasteiger partial charge in [-0.1, -0.05) is 29.8 Å². The van der Waals surface area contributed by atoms with Crippen LogP contribution < -0.4 is 15.5 Å². The van der Waals surface area contributed by atoms with Gasteiger partial charge in [-0.05, 0) is 42.3 Å². The predicted molar refractivity (Wildman–Crippen MR) is 101 cm³/mol. The Labute approximate surface area is 156 Å². The van der Waals surface area contributed by atoms with Crippen LogP contribution in [-0.4, -0.2) is 36.2 Å². The molecule has 1 aliphatic heterocycles. The number of aromatic carboxylic acids is 1. The summed E-state index contributed by atoms with van der Waals surface area (Å²) in [6.07, 6.45) is 0.868. The van der Waals surface area contributed by atoms with Gasteiger partial charge in [-0.15, -0.1) is 0 Å². The van der Waals surface area contributed by atoms with Gasteiger partial charge in [0.15, 0.2) is 0 Å². The molecule has 7 heteroatoms. The van der Waals surface area contributed by atoms with E-state index in [1.807, 2.05) is 24.3 Å². The molecule has 1 atom stereocenters. The van der Waals surface area contributed by atoms with E-state index in [4.69, 9.17) is 16.7 Å². The number of nitrogens with zero attached hydrogens (tertiary/aromatic N) is 1. The SMILES string of the molecule is O=C(NCc1ccc(C(=O)O)cc1)NC1CCN(c2cccc(Cl)c2)C1. The zero-order valence-electron chi connectivity index (χ0n) is 14.1. The van der Waals surface area contributed by atoms with Crippen molar-refractivity contribution < 1.29 is 14.7 Å². The van der Waals surface area contributed by atoms with Gasteiger partial charge in [0, 0.05) is 36.4 Å². The summed E-state index contributed by atoms with van der Waals surface area (Å²) < 4.78 is 0. The monoisotopic (exact) mass is 373 g/mol. The van der Waals surface area contributed by atoms with Crippen molar-refractivity contribution in [1.29, 1.82) is 0 Å². The second kappa shape index (κ2) is 8.10. The van der Waals surface area contributed by atoms with E-state index in [2.05, 4.69) is 15.5 Å². The molecule has 1 saturated heterocycles. The Balaban J connectivity index is 1.46. The van der Waals surface area contributed by atoms with Gasteiger partial charge in [-0.25, -0.2) is 9.59 Å². The van der Waals surface area contributed by atoms with Gasteiger partial charge in [-0.3, -0.25) is 0 Å². The molecule has 0 radical (unpaired) electrons. The molecule has 0 aromatic heterocycles. The van der Waals surface area contributed by atoms with Gasteiger partial charge >= 0.3 is 12.0 Å². The minimum atomic E-state index is -0.965. The standard InChI is InChI=1S/C19H20ClN3O3/c20-15-2-1-3-17(10-15)23-9-8-16(12-23)22-19(26)21-11-13-4-6-14(7-5-13)18(24)25/h1-7,10,16H,8-9,11-12H2,(H,24,25)(H2,21,22,26). The van der Waals surface area contributed by atoms with Gasteiger partial charge in [0.2, 0.25) is 0 Å². The fourth-order valence-electron chi connectivity index (χ4n) is 2.97. The molecule has 2 amide bonds. The van der Waals surface area contributed by atoms with Gasteiger partial charge in [-0.2, -0.15) is 0 Å². The van der Waals surface area contributed by atoms with Crippen LogP contribution in [0.1, 0.15) is 22.3 Å². The van der Waals surface area contributed by atoms with Gasteiger partial charge in [0.05, 0.1) is 5.56 Å². The van der Waals surface area contributed by atoms with Gasteiger partial charge < -0.3 is 20.6 Å². The van der Waals surface area contributed by atoms with E-state index in [-0.39, 0.29) is 17.6 Å². The second-order valence-electron chi connectivity index (χ2n) is 6.24. The number of anilines is 1. The van der Waals surface area contributed by atoms with E-state index in [0.717, 1.165) is 30.8 Å². The van der Waals surface area contributed by atoms with Crippen LogP contribution >= 0.6 is 11.6 Å². The summed E-state index contributed by atoms with van der Waals surface area (Å²) in [5.41, 5.74) is 2.13. The van der Waals surface area contributed by atoms with Crippen molar-refractivity contribution in [3.63, 3.8) is 0 Å². The Morgan fingerprint density at radius 1 is 1.19 bits per heavy atom. The van der Waals surface area contributed by atoms with Crippen LogP contribution in [0, 0.1) is 0 Å². The van der Waals surface area contributed by atoms with Crippen LogP contribution in [0.5, 0.6) is 0 Å². The number of benzene rings is 2. The smallest absolute Gasteiger partial charge is 0.335 e. The number of halogens is 1. The zero-order chi connectivity index (χ0) is 18.5. The van der Waals surface area contributed by atoms with Crippen LogP contribution in [0.3, 0.4) is 0 Å². The Morgan fingerprint density at radius 3 is 2.65 bits per heavy atom. The second-order valence-corrected chi connectivity index (χ2v) is 6.68. The molecule has 3 N–H and O–H groups in total. The number of amides is 2. The van der Waals surface area contributed by atoms with E-state index in [1.54, 1.807) is 12.1 Å². The highest BCUT2D eigenvalue weighted by molar-refractivity contribution is 6.30. The first-order chi connectivity index (χ1) is 12.5. The Morgan fingerprint density at radius 2 is 1.96 bits per heavy atom. The average Bonchev–Trinajstić information content (AvgIpc) is 3.09. The fraction of sp³-hybridized carbons (Fsp3) is 0.263. The Kier molecular flexibility index (Phi) is 5.63. The third-order valence-corrected chi connectivity index (χ3v) is 4.59. The molecule has 2 aromatic rings. The molecule has 1 aliphatic rings. The number of nitrogens with one attached hydrogen (secondary N) is 2. The predicted octanol–water partition coefficient (Wildman–Crippen LogP) is 3.12. The van der Waals surface area contributed by atoms with Crippen LogP contribution in [-0.2, 0) is 6.54 Å². The third kappa shape index (κ3) is 4.67. The number of carboxylic acid groups (broad SMARTS) is 1. The van der Waals surface area contributed by atoms with E-state index in [0.29, 0.717) is 11.6 Å². The summed E-state index contributed by atoms with van der Waals surface area (Å²) in [6, 6.07) is 14.0. The van der Waals surface area contributed by atoms with Crippen molar-refractivity contribution in [2.45, 2.75) is 19.0 Å². The molecule has 2 aromatic carbocycles. The molecule has 1 fully saturated rings. The van der Waals surface area contributed by atoms with Crippen molar-refractivity contribution >= 4 is 29.3 Å². The maximum absolute atomic E-state index is 12.1. The van der Waals surface area contributed by atoms with Crippen molar-refractivity contribution in [3.8, 4) is 0 Å². The highest BCUT2D eigenvalue weighted by Crippen LogP contribution is 2.23. The minimum Gasteiger partial charge on any atom is -0.478 e. The largest absolute Gasteiger partial charge is 0.478 e. The number of urea groups is 1. The molecule has 136 valence electrons. The first-order valence-electron chi connectivity index (χ1n) is 8.38. The first-order valence-corrected chi connectivity index (χ1v) is 8.76. The third-order valence-electron chi connectivity index (χ3n) is 4.35. The summed E-state index contributed by atoms with van der Waals surface area (Å²) in [7, 11) is 0. The van der Waals surface area contributed by atoms with E-state index in [9.17, 15) is 9.59 Å². The molecule has 6 nitrogen and oxygen atoms in total. The molecule has 0 bridgehead atoms. The number of carbonyl (C=O) groups excluding carboxylic acids is 1. The number of rotatable bonds is 5. The molecule has 0 aliphatic carbocycles. The average molecular weight is 374 g/mol. The summed E-state index contributed by atoms with van der Waals surface area (Å²) in [6.45, 7) is 1.94. The van der Waals surface area contributed by atoms with Crippen LogP contribution in [0.4, 0.5) is 10.5 Å². The lowest BCUT2D eigenvalue weighted by Gasteiger charge is -2.19. The Hall–Kier alpha value is -2.73. The Bertz CT molecular complexity index is 795. The summed E-state index contributed by atoms with van der Waals surface area (Å²) in [4.78, 5) is 25.1. The number of carbonyl (C=O) groups is 2. The molecule has 1 unspecified atom stereocenters. The van der Waals surface area contributed by atoms with Crippen LogP contribution in [0.15, 0.2) is 48.5 Å². The maximum atomic E-state index is 12.1. The summed E-state index contributed by atoms with van der Waals surface area (Å²) >= 11 is 6.03. The van der Waals surface area contributed by atoms with Crippen molar-refractivity contribution in [1.82, 2.24) is 10.6 Å². The van der Waals surface area contributed by atoms with Crippen LogP contribution in [0.2, 0.25) is 5.02 Å². The van der Waals surface area contributed by atoms with Crippen molar-refractivity contribution in [3.05, 3.63) is 64.7 Å². The maximum Gasteiger partial charge on any atom is 0.335 e. The molecule has 0 spiro atoms. The molecule has 1 heterocycles. The minimum absolute atomic E-state index is 0.0726.